The third kappa shape index (κ3) is 4.52. The fourth-order valence-electron chi connectivity index (χ4n) is 3.09. The molecule has 0 fully saturated rings. The predicted octanol–water partition coefficient (Wildman–Crippen LogP) is 4.24. The lowest BCUT2D eigenvalue weighted by atomic mass is 10.1. The number of fused-ring (bicyclic) bond motifs is 1. The van der Waals surface area contributed by atoms with E-state index in [1.807, 2.05) is 54.6 Å². The smallest absolute Gasteiger partial charge is 0.231 e. The average Bonchev–Trinajstić information content (AvgIpc) is 3.29. The van der Waals surface area contributed by atoms with E-state index in [9.17, 15) is 0 Å². The van der Waals surface area contributed by atoms with Crippen molar-refractivity contribution in [1.82, 2.24) is 0 Å². The van der Waals surface area contributed by atoms with Gasteiger partial charge in [0, 0.05) is 22.3 Å². The number of methoxy groups -OCH3 is 3. The van der Waals surface area contributed by atoms with Gasteiger partial charge in [-0.05, 0) is 48.5 Å². The number of ether oxygens (including phenoxy) is 5. The van der Waals surface area contributed by atoms with E-state index < -0.39 is 0 Å². The predicted molar refractivity (Wildman–Crippen MR) is 117 cm³/mol. The molecule has 1 heterocycles. The quantitative estimate of drug-likeness (QED) is 0.602. The minimum atomic E-state index is 0.249. The van der Waals surface area contributed by atoms with E-state index in [1.165, 1.54) is 0 Å². The molecule has 0 saturated heterocycles. The highest BCUT2D eigenvalue weighted by Crippen LogP contribution is 2.38. The summed E-state index contributed by atoms with van der Waals surface area (Å²) in [6.45, 7) is 0.249. The lowest BCUT2D eigenvalue weighted by molar-refractivity contribution is 0.174. The zero-order valence-electron chi connectivity index (χ0n) is 17.4. The molecule has 0 atom stereocenters. The molecule has 0 N–H and O–H groups in total. The number of benzene rings is 3. The summed E-state index contributed by atoms with van der Waals surface area (Å²) in [6.07, 6.45) is 0. The van der Waals surface area contributed by atoms with Crippen molar-refractivity contribution in [2.45, 2.75) is 0 Å². The van der Waals surface area contributed by atoms with Crippen molar-refractivity contribution in [3.8, 4) is 52.4 Å². The Morgan fingerprint density at radius 3 is 1.81 bits per heavy atom. The summed E-state index contributed by atoms with van der Waals surface area (Å²) < 4.78 is 26.8. The third-order valence-electron chi connectivity index (χ3n) is 4.60. The lowest BCUT2D eigenvalue weighted by Gasteiger charge is -2.12. The maximum Gasteiger partial charge on any atom is 0.231 e. The van der Waals surface area contributed by atoms with Crippen LogP contribution in [0.3, 0.4) is 0 Å². The monoisotopic (exact) mass is 412 g/mol. The SMILES string of the molecule is COc1cc(C#Cc2cccc(C#Cc3ccc4c(c3)OCO4)c2)cc(OC)c1OC. The van der Waals surface area contributed by atoms with Crippen molar-refractivity contribution in [3.63, 3.8) is 0 Å². The van der Waals surface area contributed by atoms with Crippen molar-refractivity contribution in [1.29, 1.82) is 0 Å². The van der Waals surface area contributed by atoms with Gasteiger partial charge in [-0.2, -0.15) is 0 Å². The number of rotatable bonds is 3. The summed E-state index contributed by atoms with van der Waals surface area (Å²) in [4.78, 5) is 0. The van der Waals surface area contributed by atoms with Gasteiger partial charge in [0.05, 0.1) is 21.3 Å². The Balaban J connectivity index is 1.58. The van der Waals surface area contributed by atoms with Gasteiger partial charge < -0.3 is 23.7 Å². The van der Waals surface area contributed by atoms with Crippen molar-refractivity contribution < 1.29 is 23.7 Å². The van der Waals surface area contributed by atoms with E-state index in [4.69, 9.17) is 23.7 Å². The van der Waals surface area contributed by atoms with Crippen LogP contribution >= 0.6 is 0 Å². The summed E-state index contributed by atoms with van der Waals surface area (Å²) in [5.41, 5.74) is 3.34. The molecule has 1 aliphatic rings. The second kappa shape index (κ2) is 9.07. The average molecular weight is 412 g/mol. The van der Waals surface area contributed by atoms with Gasteiger partial charge in [-0.25, -0.2) is 0 Å². The molecule has 5 nitrogen and oxygen atoms in total. The molecule has 0 unspecified atom stereocenters. The lowest BCUT2D eigenvalue weighted by Crippen LogP contribution is -1.95. The van der Waals surface area contributed by atoms with E-state index in [0.717, 1.165) is 33.8 Å². The van der Waals surface area contributed by atoms with Gasteiger partial charge in [0.2, 0.25) is 12.5 Å². The molecule has 4 rings (SSSR count). The summed E-state index contributed by atoms with van der Waals surface area (Å²) in [6, 6.07) is 17.1. The molecule has 31 heavy (non-hydrogen) atoms. The van der Waals surface area contributed by atoms with E-state index >= 15 is 0 Å². The first kappa shape index (κ1) is 20.1. The molecule has 0 saturated carbocycles. The highest BCUT2D eigenvalue weighted by Gasteiger charge is 2.13. The highest BCUT2D eigenvalue weighted by atomic mass is 16.7. The molecule has 0 aliphatic carbocycles. The fourth-order valence-corrected chi connectivity index (χ4v) is 3.09. The minimum Gasteiger partial charge on any atom is -0.493 e. The van der Waals surface area contributed by atoms with Gasteiger partial charge in [-0.1, -0.05) is 29.7 Å². The van der Waals surface area contributed by atoms with Gasteiger partial charge >= 0.3 is 0 Å². The molecular weight excluding hydrogens is 392 g/mol. The zero-order chi connectivity index (χ0) is 21.6. The van der Waals surface area contributed by atoms with Crippen LogP contribution in [0.5, 0.6) is 28.7 Å². The third-order valence-corrected chi connectivity index (χ3v) is 4.60. The topological polar surface area (TPSA) is 46.2 Å². The molecule has 0 amide bonds. The summed E-state index contributed by atoms with van der Waals surface area (Å²) in [5, 5.41) is 0. The minimum absolute atomic E-state index is 0.249. The van der Waals surface area contributed by atoms with E-state index in [-0.39, 0.29) is 6.79 Å². The summed E-state index contributed by atoms with van der Waals surface area (Å²) in [7, 11) is 4.73. The van der Waals surface area contributed by atoms with Gasteiger partial charge in [0.1, 0.15) is 0 Å². The van der Waals surface area contributed by atoms with Gasteiger partial charge in [0.25, 0.3) is 0 Å². The largest absolute Gasteiger partial charge is 0.493 e. The Kier molecular flexibility index (Phi) is 5.87. The molecular formula is C26H20O5. The van der Waals surface area contributed by atoms with Crippen LogP contribution in [-0.4, -0.2) is 28.1 Å². The molecule has 0 bridgehead atoms. The summed E-state index contributed by atoms with van der Waals surface area (Å²) >= 11 is 0. The molecule has 3 aromatic carbocycles. The normalized spacial score (nSPS) is 10.9. The molecule has 1 aliphatic heterocycles. The van der Waals surface area contributed by atoms with Crippen LogP contribution in [0.4, 0.5) is 0 Å². The Bertz CT molecular complexity index is 1210. The fraction of sp³-hybridized carbons (Fsp3) is 0.154. The van der Waals surface area contributed by atoms with Crippen LogP contribution in [0.15, 0.2) is 54.6 Å². The van der Waals surface area contributed by atoms with Crippen molar-refractivity contribution in [2.75, 3.05) is 28.1 Å². The first-order valence-corrected chi connectivity index (χ1v) is 9.54. The van der Waals surface area contributed by atoms with Crippen molar-refractivity contribution >= 4 is 0 Å². The van der Waals surface area contributed by atoms with E-state index in [0.29, 0.717) is 17.2 Å². The van der Waals surface area contributed by atoms with Gasteiger partial charge in [-0.15, -0.1) is 0 Å². The Morgan fingerprint density at radius 1 is 0.613 bits per heavy atom. The van der Waals surface area contributed by atoms with Crippen LogP contribution in [0.1, 0.15) is 22.3 Å². The maximum atomic E-state index is 5.40. The first-order chi connectivity index (χ1) is 15.2. The van der Waals surface area contributed by atoms with Crippen molar-refractivity contribution in [2.24, 2.45) is 0 Å². The maximum absolute atomic E-state index is 5.40. The van der Waals surface area contributed by atoms with Crippen molar-refractivity contribution in [3.05, 3.63) is 76.9 Å². The van der Waals surface area contributed by atoms with Gasteiger partial charge in [0.15, 0.2) is 23.0 Å². The van der Waals surface area contributed by atoms with Crippen LogP contribution in [0.25, 0.3) is 0 Å². The van der Waals surface area contributed by atoms with E-state index in [1.54, 1.807) is 21.3 Å². The van der Waals surface area contributed by atoms with Gasteiger partial charge in [-0.3, -0.25) is 0 Å². The van der Waals surface area contributed by atoms with Crippen LogP contribution in [0, 0.1) is 23.7 Å². The molecule has 3 aromatic rings. The molecule has 0 spiro atoms. The zero-order valence-corrected chi connectivity index (χ0v) is 17.4. The van der Waals surface area contributed by atoms with Crippen LogP contribution < -0.4 is 23.7 Å². The number of hydrogen-bond acceptors (Lipinski definition) is 5. The van der Waals surface area contributed by atoms with Crippen LogP contribution in [-0.2, 0) is 0 Å². The molecule has 5 heteroatoms. The number of hydrogen-bond donors (Lipinski definition) is 0. The summed E-state index contributed by atoms with van der Waals surface area (Å²) in [5.74, 6) is 15.8. The Hall–Kier alpha value is -4.22. The molecule has 0 radical (unpaired) electrons. The molecule has 154 valence electrons. The highest BCUT2D eigenvalue weighted by molar-refractivity contribution is 5.58. The van der Waals surface area contributed by atoms with E-state index in [2.05, 4.69) is 23.7 Å². The molecule has 0 aromatic heterocycles. The second-order valence-electron chi connectivity index (χ2n) is 6.56. The first-order valence-electron chi connectivity index (χ1n) is 9.54. The standard InChI is InChI=1S/C26H20O5/c1-27-24-15-21(16-25(28-2)26(24)29-3)10-9-19-6-4-5-18(13-19)7-8-20-11-12-22-23(14-20)31-17-30-22/h4-6,11-16H,17H2,1-3H3. The Morgan fingerprint density at radius 2 is 1.19 bits per heavy atom. The van der Waals surface area contributed by atoms with Crippen LogP contribution in [0.2, 0.25) is 0 Å². The second-order valence-corrected chi connectivity index (χ2v) is 6.56. The Labute approximate surface area is 181 Å².